The summed E-state index contributed by atoms with van der Waals surface area (Å²) >= 11 is 5.85. The molecule has 1 aromatic heterocycles. The number of benzene rings is 1. The lowest BCUT2D eigenvalue weighted by Gasteiger charge is -2.04. The molecular formula is C10H8ClFN4O. The van der Waals surface area contributed by atoms with Gasteiger partial charge in [-0.3, -0.25) is 4.79 Å². The first-order valence-electron chi connectivity index (χ1n) is 4.60. The van der Waals surface area contributed by atoms with Gasteiger partial charge in [-0.1, -0.05) is 17.7 Å². The molecule has 88 valence electrons. The van der Waals surface area contributed by atoms with Crippen molar-refractivity contribution in [3.63, 3.8) is 0 Å². The van der Waals surface area contributed by atoms with Gasteiger partial charge < -0.3 is 11.5 Å². The molecule has 4 N–H and O–H groups in total. The number of aromatic nitrogens is 2. The van der Waals surface area contributed by atoms with Gasteiger partial charge in [0.1, 0.15) is 17.1 Å². The zero-order chi connectivity index (χ0) is 12.6. The second-order valence-electron chi connectivity index (χ2n) is 3.31. The van der Waals surface area contributed by atoms with Gasteiger partial charge in [-0.15, -0.1) is 5.10 Å². The van der Waals surface area contributed by atoms with Gasteiger partial charge in [-0.2, -0.15) is 0 Å². The topological polar surface area (TPSA) is 86.9 Å². The minimum atomic E-state index is -0.735. The number of nitrogens with two attached hydrogens (primary N) is 2. The van der Waals surface area contributed by atoms with E-state index in [9.17, 15) is 9.18 Å². The molecule has 0 bridgehead atoms. The fourth-order valence-electron chi connectivity index (χ4n) is 1.40. The van der Waals surface area contributed by atoms with Crippen LogP contribution in [0.25, 0.3) is 5.69 Å². The summed E-state index contributed by atoms with van der Waals surface area (Å²) < 4.78 is 14.7. The van der Waals surface area contributed by atoms with Crippen LogP contribution in [0.15, 0.2) is 24.4 Å². The van der Waals surface area contributed by atoms with Crippen LogP contribution in [-0.4, -0.2) is 15.7 Å². The minimum absolute atomic E-state index is 0.0179. The normalized spacial score (nSPS) is 10.5. The number of primary amides is 1. The molecule has 0 aliphatic heterocycles. The van der Waals surface area contributed by atoms with Gasteiger partial charge in [0.2, 0.25) is 0 Å². The molecule has 0 aliphatic carbocycles. The van der Waals surface area contributed by atoms with Crippen LogP contribution in [0.1, 0.15) is 10.4 Å². The lowest BCUT2D eigenvalue weighted by atomic mass is 10.3. The Kier molecular flexibility index (Phi) is 2.72. The quantitative estimate of drug-likeness (QED) is 0.848. The number of rotatable bonds is 2. The minimum Gasteiger partial charge on any atom is -0.382 e. The lowest BCUT2D eigenvalue weighted by molar-refractivity contribution is 0.100. The molecule has 0 saturated heterocycles. The van der Waals surface area contributed by atoms with Crippen LogP contribution in [-0.2, 0) is 0 Å². The van der Waals surface area contributed by atoms with E-state index < -0.39 is 11.7 Å². The number of nitrogen functional groups attached to an aromatic ring is 1. The maximum absolute atomic E-state index is 13.6. The molecule has 17 heavy (non-hydrogen) atoms. The Morgan fingerprint density at radius 2 is 2.18 bits per heavy atom. The van der Waals surface area contributed by atoms with Crippen molar-refractivity contribution in [2.24, 2.45) is 5.73 Å². The molecule has 0 aliphatic rings. The molecule has 1 amide bonds. The van der Waals surface area contributed by atoms with Crippen molar-refractivity contribution in [2.75, 3.05) is 5.73 Å². The maximum Gasteiger partial charge on any atom is 0.254 e. The van der Waals surface area contributed by atoms with Gasteiger partial charge in [0.05, 0.1) is 5.02 Å². The van der Waals surface area contributed by atoms with Gasteiger partial charge in [0.15, 0.2) is 5.82 Å². The van der Waals surface area contributed by atoms with Crippen molar-refractivity contribution in [3.05, 3.63) is 40.8 Å². The molecule has 2 aromatic rings. The number of nitrogens with zero attached hydrogens (tertiary/aromatic N) is 2. The van der Waals surface area contributed by atoms with Gasteiger partial charge in [-0.05, 0) is 12.1 Å². The first-order valence-corrected chi connectivity index (χ1v) is 4.98. The number of carbonyl (C=O) groups excluding carboxylic acids is 1. The van der Waals surface area contributed by atoms with Gasteiger partial charge in [0, 0.05) is 6.20 Å². The van der Waals surface area contributed by atoms with Crippen molar-refractivity contribution in [1.82, 2.24) is 9.78 Å². The first-order chi connectivity index (χ1) is 8.00. The van der Waals surface area contributed by atoms with Crippen LogP contribution in [0, 0.1) is 5.82 Å². The first kappa shape index (κ1) is 11.4. The Bertz CT molecular complexity index is 576. The molecular weight excluding hydrogens is 247 g/mol. The Morgan fingerprint density at radius 3 is 2.71 bits per heavy atom. The third-order valence-electron chi connectivity index (χ3n) is 2.17. The van der Waals surface area contributed by atoms with Gasteiger partial charge in [0.25, 0.3) is 5.91 Å². The highest BCUT2D eigenvalue weighted by Crippen LogP contribution is 2.24. The van der Waals surface area contributed by atoms with Crippen molar-refractivity contribution >= 4 is 23.3 Å². The van der Waals surface area contributed by atoms with E-state index in [0.717, 1.165) is 4.68 Å². The Morgan fingerprint density at radius 1 is 1.47 bits per heavy atom. The highest BCUT2D eigenvalue weighted by molar-refractivity contribution is 6.32. The molecule has 0 saturated carbocycles. The molecule has 7 heteroatoms. The highest BCUT2D eigenvalue weighted by Gasteiger charge is 2.15. The summed E-state index contributed by atoms with van der Waals surface area (Å²) in [6.45, 7) is 0. The summed E-state index contributed by atoms with van der Waals surface area (Å²) in [5.74, 6) is -1.38. The number of carbonyl (C=O) groups is 1. The molecule has 0 atom stereocenters. The average Bonchev–Trinajstić information content (AvgIpc) is 2.60. The molecule has 1 aromatic carbocycles. The average molecular weight is 255 g/mol. The number of halogens is 2. The molecule has 0 unspecified atom stereocenters. The van der Waals surface area contributed by atoms with E-state index in [1.165, 1.54) is 24.4 Å². The van der Waals surface area contributed by atoms with Crippen LogP contribution >= 0.6 is 11.6 Å². The number of para-hydroxylation sites is 1. The lowest BCUT2D eigenvalue weighted by Crippen LogP contribution is -2.11. The summed E-state index contributed by atoms with van der Waals surface area (Å²) in [7, 11) is 0. The third-order valence-corrected chi connectivity index (χ3v) is 2.48. The van der Waals surface area contributed by atoms with E-state index in [2.05, 4.69) is 5.10 Å². The molecule has 0 fully saturated rings. The second-order valence-corrected chi connectivity index (χ2v) is 3.71. The largest absolute Gasteiger partial charge is 0.382 e. The molecule has 0 radical (unpaired) electrons. The van der Waals surface area contributed by atoms with E-state index in [0.29, 0.717) is 0 Å². The fraction of sp³-hybridized carbons (Fsp3) is 0. The van der Waals surface area contributed by atoms with Gasteiger partial charge >= 0.3 is 0 Å². The van der Waals surface area contributed by atoms with Crippen LogP contribution in [0.4, 0.5) is 10.2 Å². The van der Waals surface area contributed by atoms with Crippen molar-refractivity contribution in [1.29, 1.82) is 0 Å². The van der Waals surface area contributed by atoms with Crippen molar-refractivity contribution < 1.29 is 9.18 Å². The summed E-state index contributed by atoms with van der Waals surface area (Å²) in [4.78, 5) is 11.0. The van der Waals surface area contributed by atoms with E-state index >= 15 is 0 Å². The molecule has 5 nitrogen and oxygen atoms in total. The molecule has 0 spiro atoms. The Hall–Kier alpha value is -2.08. The zero-order valence-corrected chi connectivity index (χ0v) is 9.28. The summed E-state index contributed by atoms with van der Waals surface area (Å²) in [5, 5.41) is 3.95. The highest BCUT2D eigenvalue weighted by atomic mass is 35.5. The van der Waals surface area contributed by atoms with Crippen molar-refractivity contribution in [3.8, 4) is 5.69 Å². The van der Waals surface area contributed by atoms with Gasteiger partial charge in [-0.25, -0.2) is 9.07 Å². The predicted octanol–water partition coefficient (Wildman–Crippen LogP) is 1.35. The predicted molar refractivity (Wildman–Crippen MR) is 61.5 cm³/mol. The molecule has 1 heterocycles. The Balaban J connectivity index is 2.62. The standard InChI is InChI=1S/C10H8ClFN4O/c11-6-2-1-3-7(12)8(6)16-4-5(10(14)17)9(13)15-16/h1-4H,(H2,13,15)(H2,14,17). The van der Waals surface area contributed by atoms with E-state index in [4.69, 9.17) is 23.1 Å². The molecule has 2 rings (SSSR count). The third kappa shape index (κ3) is 1.94. The summed E-state index contributed by atoms with van der Waals surface area (Å²) in [6.07, 6.45) is 1.24. The van der Waals surface area contributed by atoms with E-state index in [1.54, 1.807) is 0 Å². The van der Waals surface area contributed by atoms with E-state index in [-0.39, 0.29) is 22.1 Å². The number of hydrogen-bond donors (Lipinski definition) is 2. The zero-order valence-electron chi connectivity index (χ0n) is 8.52. The Labute approximate surface area is 101 Å². The van der Waals surface area contributed by atoms with Crippen LogP contribution < -0.4 is 11.5 Å². The van der Waals surface area contributed by atoms with Crippen LogP contribution in [0.3, 0.4) is 0 Å². The summed E-state index contributed by atoms with van der Waals surface area (Å²) in [5.41, 5.74) is 10.6. The fourth-order valence-corrected chi connectivity index (χ4v) is 1.65. The van der Waals surface area contributed by atoms with Crippen molar-refractivity contribution in [2.45, 2.75) is 0 Å². The number of hydrogen-bond acceptors (Lipinski definition) is 3. The van der Waals surface area contributed by atoms with E-state index in [1.807, 2.05) is 0 Å². The summed E-state index contributed by atoms with van der Waals surface area (Å²) in [6, 6.07) is 4.19. The number of anilines is 1. The number of amides is 1. The van der Waals surface area contributed by atoms with Crippen LogP contribution in [0.2, 0.25) is 5.02 Å². The maximum atomic E-state index is 13.6. The van der Waals surface area contributed by atoms with Crippen LogP contribution in [0.5, 0.6) is 0 Å². The smallest absolute Gasteiger partial charge is 0.254 e. The monoisotopic (exact) mass is 254 g/mol. The SMILES string of the molecule is NC(=O)c1cn(-c2c(F)cccc2Cl)nc1N. The second kappa shape index (κ2) is 4.06.